The van der Waals surface area contributed by atoms with Crippen LogP contribution in [0.4, 0.5) is 0 Å². The summed E-state index contributed by atoms with van der Waals surface area (Å²) in [4.78, 5) is 12.7. The molecule has 4 rings (SSSR count). The fraction of sp³-hybridized carbons (Fsp3) is 0.261. The highest BCUT2D eigenvalue weighted by Crippen LogP contribution is 2.46. The molecule has 3 nitrogen and oxygen atoms in total. The Labute approximate surface area is 163 Å². The molecule has 1 aliphatic rings. The molecule has 138 valence electrons. The van der Waals surface area contributed by atoms with Crippen LogP contribution in [0.25, 0.3) is 11.3 Å². The molecule has 1 heterocycles. The molecule has 0 spiro atoms. The van der Waals surface area contributed by atoms with Gasteiger partial charge in [0.05, 0.1) is 5.56 Å². The normalized spacial score (nSPS) is 14.8. The summed E-state index contributed by atoms with van der Waals surface area (Å²) >= 11 is 1.71. The van der Waals surface area contributed by atoms with Crippen molar-refractivity contribution in [2.45, 2.75) is 30.3 Å². The molecule has 0 radical (unpaired) electrons. The van der Waals surface area contributed by atoms with Gasteiger partial charge in [-0.05, 0) is 17.9 Å². The molecule has 0 saturated heterocycles. The van der Waals surface area contributed by atoms with Gasteiger partial charge in [0.15, 0.2) is 0 Å². The van der Waals surface area contributed by atoms with Crippen LogP contribution in [0.15, 0.2) is 75.9 Å². The van der Waals surface area contributed by atoms with Crippen molar-refractivity contribution >= 4 is 11.8 Å². The molecular formula is C23H22O3S. The predicted octanol–water partition coefficient (Wildman–Crippen LogP) is 5.79. The van der Waals surface area contributed by atoms with Crippen molar-refractivity contribution in [2.75, 3.05) is 0 Å². The van der Waals surface area contributed by atoms with Gasteiger partial charge in [0.25, 0.3) is 0 Å². The van der Waals surface area contributed by atoms with E-state index in [-0.39, 0.29) is 11.0 Å². The zero-order valence-electron chi connectivity index (χ0n) is 15.0. The van der Waals surface area contributed by atoms with Crippen molar-refractivity contribution < 1.29 is 9.52 Å². The molecule has 1 unspecified atom stereocenters. The second-order valence-corrected chi connectivity index (χ2v) is 8.22. The minimum Gasteiger partial charge on any atom is -0.507 e. The molecule has 1 atom stereocenters. The van der Waals surface area contributed by atoms with Gasteiger partial charge < -0.3 is 9.52 Å². The third-order valence-electron chi connectivity index (χ3n) is 4.88. The molecule has 1 aliphatic carbocycles. The summed E-state index contributed by atoms with van der Waals surface area (Å²) < 4.78 is 5.58. The quantitative estimate of drug-likeness (QED) is 0.565. The van der Waals surface area contributed by atoms with Crippen molar-refractivity contribution in [3.05, 3.63) is 88.3 Å². The van der Waals surface area contributed by atoms with E-state index in [0.29, 0.717) is 17.2 Å². The van der Waals surface area contributed by atoms with Crippen LogP contribution in [0.3, 0.4) is 0 Å². The number of thioether (sulfide) groups is 1. The van der Waals surface area contributed by atoms with Crippen LogP contribution in [0, 0.1) is 5.92 Å². The lowest BCUT2D eigenvalue weighted by Gasteiger charge is -2.17. The van der Waals surface area contributed by atoms with Crippen LogP contribution in [-0.2, 0) is 5.75 Å². The van der Waals surface area contributed by atoms with Crippen LogP contribution in [0.1, 0.15) is 35.6 Å². The summed E-state index contributed by atoms with van der Waals surface area (Å²) in [5.41, 5.74) is 1.97. The van der Waals surface area contributed by atoms with Crippen LogP contribution in [-0.4, -0.2) is 5.11 Å². The highest BCUT2D eigenvalue weighted by Gasteiger charge is 2.30. The Bertz CT molecular complexity index is 946. The number of rotatable bonds is 7. The topological polar surface area (TPSA) is 50.4 Å². The maximum absolute atomic E-state index is 12.7. The number of benzene rings is 2. The molecule has 1 aromatic heterocycles. The first-order chi connectivity index (χ1) is 13.2. The lowest BCUT2D eigenvalue weighted by atomic mass is 10.1. The van der Waals surface area contributed by atoms with E-state index in [1.54, 1.807) is 17.8 Å². The van der Waals surface area contributed by atoms with Crippen molar-refractivity contribution in [1.29, 1.82) is 0 Å². The molecule has 0 amide bonds. The highest BCUT2D eigenvalue weighted by atomic mass is 32.2. The van der Waals surface area contributed by atoms with E-state index in [4.69, 9.17) is 4.42 Å². The first-order valence-electron chi connectivity index (χ1n) is 9.28. The Kier molecular flexibility index (Phi) is 5.35. The first kappa shape index (κ1) is 17.9. The van der Waals surface area contributed by atoms with Gasteiger partial charge in [-0.25, -0.2) is 4.79 Å². The van der Waals surface area contributed by atoms with Crippen molar-refractivity contribution in [1.82, 2.24) is 0 Å². The fourth-order valence-corrected chi connectivity index (χ4v) is 4.61. The molecule has 0 bridgehead atoms. The number of aromatic hydroxyl groups is 1. The maximum Gasteiger partial charge on any atom is 0.344 e. The van der Waals surface area contributed by atoms with E-state index in [1.807, 2.05) is 48.5 Å². The van der Waals surface area contributed by atoms with Crippen molar-refractivity contribution in [3.8, 4) is 17.1 Å². The fourth-order valence-electron chi connectivity index (χ4n) is 3.23. The standard InChI is InChI=1S/C23H22O3S/c24-19-14-20(18-9-5-2-6-10-18)26-23(25)22(19)21(13-16-11-12-16)27-15-17-7-3-1-4-8-17/h1-10,14,16,21,24H,11-13,15H2. The van der Waals surface area contributed by atoms with Gasteiger partial charge in [-0.1, -0.05) is 73.5 Å². The van der Waals surface area contributed by atoms with E-state index in [2.05, 4.69) is 12.1 Å². The summed E-state index contributed by atoms with van der Waals surface area (Å²) in [6, 6.07) is 21.2. The molecule has 27 heavy (non-hydrogen) atoms. The van der Waals surface area contributed by atoms with E-state index >= 15 is 0 Å². The van der Waals surface area contributed by atoms with E-state index in [9.17, 15) is 9.90 Å². The van der Waals surface area contributed by atoms with Gasteiger partial charge in [-0.3, -0.25) is 0 Å². The second-order valence-electron chi connectivity index (χ2n) is 7.03. The average molecular weight is 378 g/mol. The summed E-state index contributed by atoms with van der Waals surface area (Å²) in [6.45, 7) is 0. The van der Waals surface area contributed by atoms with Gasteiger partial charge in [0.1, 0.15) is 11.5 Å². The van der Waals surface area contributed by atoms with E-state index in [0.717, 1.165) is 17.7 Å². The van der Waals surface area contributed by atoms with Gasteiger partial charge in [0, 0.05) is 22.6 Å². The summed E-state index contributed by atoms with van der Waals surface area (Å²) in [5.74, 6) is 1.89. The minimum atomic E-state index is -0.430. The number of hydrogen-bond acceptors (Lipinski definition) is 4. The highest BCUT2D eigenvalue weighted by molar-refractivity contribution is 7.98. The van der Waals surface area contributed by atoms with Crippen molar-refractivity contribution in [2.24, 2.45) is 5.92 Å². The Balaban J connectivity index is 1.62. The zero-order chi connectivity index (χ0) is 18.6. The number of hydrogen-bond donors (Lipinski definition) is 1. The van der Waals surface area contributed by atoms with Gasteiger partial charge >= 0.3 is 5.63 Å². The lowest BCUT2D eigenvalue weighted by Crippen LogP contribution is -2.12. The summed E-state index contributed by atoms with van der Waals surface area (Å²) in [7, 11) is 0. The third kappa shape index (κ3) is 4.45. The summed E-state index contributed by atoms with van der Waals surface area (Å²) in [5, 5.41) is 10.6. The Morgan fingerprint density at radius 3 is 2.33 bits per heavy atom. The van der Waals surface area contributed by atoms with E-state index in [1.165, 1.54) is 18.4 Å². The third-order valence-corrected chi connectivity index (χ3v) is 6.22. The van der Waals surface area contributed by atoms with Gasteiger partial charge in [0.2, 0.25) is 0 Å². The SMILES string of the molecule is O=c1oc(-c2ccccc2)cc(O)c1C(CC1CC1)SCc1ccccc1. The lowest BCUT2D eigenvalue weighted by molar-refractivity contribution is 0.437. The molecule has 2 aromatic carbocycles. The van der Waals surface area contributed by atoms with Crippen LogP contribution in [0.5, 0.6) is 5.75 Å². The smallest absolute Gasteiger partial charge is 0.344 e. The van der Waals surface area contributed by atoms with Crippen LogP contribution in [0.2, 0.25) is 0 Å². The second kappa shape index (κ2) is 8.05. The zero-order valence-corrected chi connectivity index (χ0v) is 15.8. The molecule has 1 N–H and O–H groups in total. The molecule has 4 heteroatoms. The first-order valence-corrected chi connectivity index (χ1v) is 10.3. The molecular weight excluding hydrogens is 356 g/mol. The maximum atomic E-state index is 12.7. The van der Waals surface area contributed by atoms with Crippen LogP contribution >= 0.6 is 11.8 Å². The average Bonchev–Trinajstić information content (AvgIpc) is 3.51. The molecule has 1 saturated carbocycles. The molecule has 3 aromatic rings. The largest absolute Gasteiger partial charge is 0.507 e. The molecule has 0 aliphatic heterocycles. The Hall–Kier alpha value is -2.46. The van der Waals surface area contributed by atoms with Gasteiger partial charge in [-0.2, -0.15) is 0 Å². The van der Waals surface area contributed by atoms with Crippen LogP contribution < -0.4 is 5.63 Å². The monoisotopic (exact) mass is 378 g/mol. The Morgan fingerprint density at radius 2 is 1.70 bits per heavy atom. The predicted molar refractivity (Wildman–Crippen MR) is 110 cm³/mol. The van der Waals surface area contributed by atoms with E-state index < -0.39 is 5.63 Å². The molecule has 1 fully saturated rings. The van der Waals surface area contributed by atoms with Gasteiger partial charge in [-0.15, -0.1) is 11.8 Å². The Morgan fingerprint density at radius 1 is 1.04 bits per heavy atom. The van der Waals surface area contributed by atoms with Crippen molar-refractivity contribution in [3.63, 3.8) is 0 Å². The summed E-state index contributed by atoms with van der Waals surface area (Å²) in [6.07, 6.45) is 3.31. The minimum absolute atomic E-state index is 0.0383.